The molecule has 3 aromatic carbocycles. The number of hydrogen-bond donors (Lipinski definition) is 0. The number of carbonyl (C=O) groups is 1. The van der Waals surface area contributed by atoms with Crippen LogP contribution in [0.3, 0.4) is 0 Å². The van der Waals surface area contributed by atoms with Gasteiger partial charge in [-0.25, -0.2) is 0 Å². The van der Waals surface area contributed by atoms with Crippen molar-refractivity contribution in [3.63, 3.8) is 0 Å². The Kier molecular flexibility index (Phi) is 7.95. The highest BCUT2D eigenvalue weighted by Crippen LogP contribution is 2.40. The average Bonchev–Trinajstić information content (AvgIpc) is 3.74. The molecule has 4 aromatic rings. The Labute approximate surface area is 235 Å². The molecule has 0 atom stereocenters. The molecule has 2 saturated heterocycles. The third kappa shape index (κ3) is 5.88. The van der Waals surface area contributed by atoms with Gasteiger partial charge in [0.15, 0.2) is 5.78 Å². The summed E-state index contributed by atoms with van der Waals surface area (Å²) in [7, 11) is 0. The second kappa shape index (κ2) is 11.9. The van der Waals surface area contributed by atoms with Crippen LogP contribution in [0.5, 0.6) is 11.5 Å². The van der Waals surface area contributed by atoms with Crippen molar-refractivity contribution in [3.8, 4) is 21.9 Å². The van der Waals surface area contributed by atoms with Gasteiger partial charge in [0.25, 0.3) is 0 Å². The number of benzene rings is 3. The number of ether oxygens (including phenoxy) is 2. The number of likely N-dealkylation sites (tertiary alicyclic amines) is 2. The molecule has 2 aliphatic rings. The van der Waals surface area contributed by atoms with E-state index in [1.807, 2.05) is 49.4 Å². The Morgan fingerprint density at radius 1 is 0.846 bits per heavy atom. The van der Waals surface area contributed by atoms with Gasteiger partial charge in [-0.3, -0.25) is 14.6 Å². The molecule has 202 valence electrons. The third-order valence-electron chi connectivity index (χ3n) is 7.85. The Bertz CT molecular complexity index is 1430. The number of nitrogens with zero attached hydrogens (tertiary/aromatic N) is 2. The van der Waals surface area contributed by atoms with Crippen molar-refractivity contribution in [1.29, 1.82) is 0 Å². The normalized spacial score (nSPS) is 16.2. The summed E-state index contributed by atoms with van der Waals surface area (Å²) in [6, 6.07) is 22.2. The Morgan fingerprint density at radius 2 is 1.56 bits per heavy atom. The van der Waals surface area contributed by atoms with Gasteiger partial charge in [-0.2, -0.15) is 0 Å². The molecule has 2 fully saturated rings. The highest BCUT2D eigenvalue weighted by Gasteiger charge is 2.22. The van der Waals surface area contributed by atoms with E-state index in [1.54, 1.807) is 11.3 Å². The number of aryl methyl sites for hydroxylation is 1. The lowest BCUT2D eigenvalue weighted by atomic mass is 9.96. The lowest BCUT2D eigenvalue weighted by molar-refractivity contribution is 0.104. The molecule has 0 saturated carbocycles. The smallest absolute Gasteiger partial charge is 0.195 e. The highest BCUT2D eigenvalue weighted by atomic mass is 32.1. The van der Waals surface area contributed by atoms with E-state index < -0.39 is 0 Å². The molecule has 0 N–H and O–H groups in total. The van der Waals surface area contributed by atoms with Crippen LogP contribution in [0.4, 0.5) is 0 Å². The predicted molar refractivity (Wildman–Crippen MR) is 159 cm³/mol. The Balaban J connectivity index is 1.22. The second-order valence-electron chi connectivity index (χ2n) is 10.6. The molecule has 0 unspecified atom stereocenters. The summed E-state index contributed by atoms with van der Waals surface area (Å²) < 4.78 is 13.2. The summed E-state index contributed by atoms with van der Waals surface area (Å²) in [6.45, 7) is 8.82. The molecule has 0 spiro atoms. The fourth-order valence-electron chi connectivity index (χ4n) is 5.64. The number of hydrogen-bond acceptors (Lipinski definition) is 6. The van der Waals surface area contributed by atoms with E-state index in [0.29, 0.717) is 18.9 Å². The standard InChI is InChI=1S/C33H36N2O3S/c1-24-22-26(12-15-29(24)37-21-20-34-16-4-5-17-34)32(36)31-28-8-2-3-9-30(28)39-33(31)25-10-13-27(14-11-25)38-23-35-18-6-7-19-35/h2-3,8-15,22H,4-7,16-21,23H2,1H3. The van der Waals surface area contributed by atoms with Gasteiger partial charge < -0.3 is 9.47 Å². The zero-order chi connectivity index (χ0) is 26.6. The van der Waals surface area contributed by atoms with Gasteiger partial charge in [0.1, 0.15) is 24.8 Å². The molecule has 0 radical (unpaired) electrons. The lowest BCUT2D eigenvalue weighted by Crippen LogP contribution is -2.25. The van der Waals surface area contributed by atoms with Crippen molar-refractivity contribution in [3.05, 3.63) is 83.4 Å². The molecule has 3 heterocycles. The van der Waals surface area contributed by atoms with Gasteiger partial charge in [-0.15, -0.1) is 11.3 Å². The summed E-state index contributed by atoms with van der Waals surface area (Å²) in [5.41, 5.74) is 3.48. The zero-order valence-electron chi connectivity index (χ0n) is 22.7. The zero-order valence-corrected chi connectivity index (χ0v) is 23.5. The molecule has 0 bridgehead atoms. The average molecular weight is 541 g/mol. The van der Waals surface area contributed by atoms with Crippen LogP contribution in [0.1, 0.15) is 47.2 Å². The van der Waals surface area contributed by atoms with Crippen LogP contribution in [0.25, 0.3) is 20.5 Å². The summed E-state index contributed by atoms with van der Waals surface area (Å²) in [6.07, 6.45) is 5.07. The largest absolute Gasteiger partial charge is 0.492 e. The van der Waals surface area contributed by atoms with Gasteiger partial charge in [0.05, 0.1) is 0 Å². The quantitative estimate of drug-likeness (QED) is 0.202. The van der Waals surface area contributed by atoms with Gasteiger partial charge in [-0.05, 0) is 105 Å². The summed E-state index contributed by atoms with van der Waals surface area (Å²) in [5.74, 6) is 1.75. The summed E-state index contributed by atoms with van der Waals surface area (Å²) >= 11 is 1.67. The molecule has 5 nitrogen and oxygen atoms in total. The number of carbonyl (C=O) groups excluding carboxylic acids is 1. The van der Waals surface area contributed by atoms with Crippen molar-refractivity contribution in [2.45, 2.75) is 32.6 Å². The number of ketones is 1. The number of rotatable bonds is 10. The fourth-order valence-corrected chi connectivity index (χ4v) is 6.85. The van der Waals surface area contributed by atoms with Crippen LogP contribution in [0, 0.1) is 6.92 Å². The van der Waals surface area contributed by atoms with E-state index in [4.69, 9.17) is 9.47 Å². The van der Waals surface area contributed by atoms with Crippen LogP contribution in [-0.4, -0.2) is 61.6 Å². The van der Waals surface area contributed by atoms with Crippen molar-refractivity contribution in [1.82, 2.24) is 9.80 Å². The molecular formula is C33H36N2O3S. The molecule has 2 aliphatic heterocycles. The van der Waals surface area contributed by atoms with Crippen LogP contribution in [0.15, 0.2) is 66.7 Å². The first kappa shape index (κ1) is 26.1. The van der Waals surface area contributed by atoms with E-state index in [9.17, 15) is 4.79 Å². The molecule has 1 aromatic heterocycles. The molecule has 6 rings (SSSR count). The van der Waals surface area contributed by atoms with Crippen LogP contribution in [-0.2, 0) is 0 Å². The second-order valence-corrected chi connectivity index (χ2v) is 11.7. The topological polar surface area (TPSA) is 42.0 Å². The van der Waals surface area contributed by atoms with Crippen molar-refractivity contribution in [2.75, 3.05) is 46.1 Å². The maximum Gasteiger partial charge on any atom is 0.195 e. The van der Waals surface area contributed by atoms with E-state index in [1.165, 1.54) is 38.8 Å². The van der Waals surface area contributed by atoms with Crippen LogP contribution in [0.2, 0.25) is 0 Å². The Hall–Kier alpha value is -3.19. The minimum atomic E-state index is 0.0449. The molecule has 6 heteroatoms. The van der Waals surface area contributed by atoms with Crippen LogP contribution >= 0.6 is 11.3 Å². The van der Waals surface area contributed by atoms with E-state index >= 15 is 0 Å². The number of thiophene rings is 1. The van der Waals surface area contributed by atoms with Gasteiger partial charge in [-0.1, -0.05) is 18.2 Å². The lowest BCUT2D eigenvalue weighted by Gasteiger charge is -2.16. The van der Waals surface area contributed by atoms with Gasteiger partial charge >= 0.3 is 0 Å². The van der Waals surface area contributed by atoms with Crippen molar-refractivity contribution < 1.29 is 14.3 Å². The first-order chi connectivity index (χ1) is 19.2. The SMILES string of the molecule is Cc1cc(C(=O)c2c(-c3ccc(OCN4CCCC4)cc3)sc3ccccc23)ccc1OCCN1CCCC1. The third-order valence-corrected chi connectivity index (χ3v) is 9.07. The maximum absolute atomic E-state index is 14.0. The highest BCUT2D eigenvalue weighted by molar-refractivity contribution is 7.22. The summed E-state index contributed by atoms with van der Waals surface area (Å²) in [4.78, 5) is 19.8. The van der Waals surface area contributed by atoms with Crippen LogP contribution < -0.4 is 9.47 Å². The maximum atomic E-state index is 14.0. The fraction of sp³-hybridized carbons (Fsp3) is 0.364. The van der Waals surface area contributed by atoms with E-state index in [0.717, 1.165) is 62.8 Å². The number of fused-ring (bicyclic) bond motifs is 1. The van der Waals surface area contributed by atoms with Crippen molar-refractivity contribution in [2.24, 2.45) is 0 Å². The molecule has 39 heavy (non-hydrogen) atoms. The van der Waals surface area contributed by atoms with E-state index in [2.05, 4.69) is 34.1 Å². The van der Waals surface area contributed by atoms with E-state index in [-0.39, 0.29) is 5.78 Å². The van der Waals surface area contributed by atoms with Crippen molar-refractivity contribution >= 4 is 27.2 Å². The monoisotopic (exact) mass is 540 g/mol. The van der Waals surface area contributed by atoms with Gasteiger partial charge in [0.2, 0.25) is 0 Å². The summed E-state index contributed by atoms with van der Waals surface area (Å²) in [5, 5.41) is 1.00. The molecule has 0 amide bonds. The molecule has 0 aliphatic carbocycles. The first-order valence-electron chi connectivity index (χ1n) is 14.1. The predicted octanol–water partition coefficient (Wildman–Crippen LogP) is 7.01. The van der Waals surface area contributed by atoms with Gasteiger partial charge in [0, 0.05) is 45.7 Å². The molecular weight excluding hydrogens is 504 g/mol. The Morgan fingerprint density at radius 3 is 2.31 bits per heavy atom. The minimum absolute atomic E-state index is 0.0449. The first-order valence-corrected chi connectivity index (χ1v) is 14.9. The minimum Gasteiger partial charge on any atom is -0.492 e.